The molecule has 0 atom stereocenters. The van der Waals surface area contributed by atoms with Crippen molar-refractivity contribution in [2.24, 2.45) is 0 Å². The van der Waals surface area contributed by atoms with Crippen LogP contribution in [0.3, 0.4) is 0 Å². The molecule has 1 aromatic heterocycles. The van der Waals surface area contributed by atoms with Gasteiger partial charge >= 0.3 is 0 Å². The van der Waals surface area contributed by atoms with Crippen molar-refractivity contribution in [2.45, 2.75) is 11.7 Å². The number of fused-ring (bicyclic) bond motifs is 1. The van der Waals surface area contributed by atoms with Gasteiger partial charge in [-0.1, -0.05) is 54.2 Å². The topological polar surface area (TPSA) is 81.8 Å². The fraction of sp³-hybridized carbons (Fsp3) is 0.118. The Labute approximate surface area is 154 Å². The minimum atomic E-state index is -0.186. The highest BCUT2D eigenvalue weighted by atomic mass is 32.2. The van der Waals surface area contributed by atoms with Crippen LogP contribution >= 0.6 is 24.0 Å². The van der Waals surface area contributed by atoms with Gasteiger partial charge in [0.1, 0.15) is 0 Å². The summed E-state index contributed by atoms with van der Waals surface area (Å²) >= 11 is 6.46. The number of amides is 1. The lowest BCUT2D eigenvalue weighted by molar-refractivity contribution is -0.119. The zero-order valence-electron chi connectivity index (χ0n) is 13.3. The van der Waals surface area contributed by atoms with Crippen LogP contribution in [-0.4, -0.2) is 26.7 Å². The second kappa shape index (κ2) is 8.50. The van der Waals surface area contributed by atoms with Crippen LogP contribution < -0.4 is 16.2 Å². The summed E-state index contributed by atoms with van der Waals surface area (Å²) in [4.78, 5) is 19.5. The second-order valence-electron chi connectivity index (χ2n) is 5.19. The summed E-state index contributed by atoms with van der Waals surface area (Å²) in [7, 11) is 0. The number of H-pyrrole nitrogens is 1. The number of para-hydroxylation sites is 2. The summed E-state index contributed by atoms with van der Waals surface area (Å²) in [6.45, 7) is 0.594. The van der Waals surface area contributed by atoms with E-state index in [0.29, 0.717) is 16.8 Å². The first-order chi connectivity index (χ1) is 12.2. The number of hydrazine groups is 1. The van der Waals surface area contributed by atoms with Crippen molar-refractivity contribution in [3.63, 3.8) is 0 Å². The molecule has 0 fully saturated rings. The van der Waals surface area contributed by atoms with Crippen LogP contribution in [0.2, 0.25) is 0 Å². The lowest BCUT2D eigenvalue weighted by Gasteiger charge is -2.11. The Balaban J connectivity index is 1.38. The van der Waals surface area contributed by atoms with Gasteiger partial charge in [-0.2, -0.15) is 0 Å². The van der Waals surface area contributed by atoms with E-state index in [2.05, 4.69) is 26.1 Å². The third-order valence-corrected chi connectivity index (χ3v) is 4.44. The third-order valence-electron chi connectivity index (χ3n) is 3.32. The zero-order chi connectivity index (χ0) is 17.5. The van der Waals surface area contributed by atoms with E-state index in [1.54, 1.807) is 0 Å². The number of carbonyl (C=O) groups is 1. The SMILES string of the molecule is O=C(CSc1nc2ccccc2[nH]1)NNC(=S)NCc1ccccc1. The molecule has 0 aliphatic carbocycles. The zero-order valence-corrected chi connectivity index (χ0v) is 14.9. The van der Waals surface area contributed by atoms with Gasteiger partial charge < -0.3 is 10.3 Å². The standard InChI is InChI=1S/C17H17N5OS2/c23-15(11-25-17-19-13-8-4-5-9-14(13)20-17)21-22-16(24)18-10-12-6-2-1-3-7-12/h1-9H,10-11H2,(H,19,20)(H,21,23)(H2,18,22,24). The number of thiocarbonyl (C=S) groups is 1. The molecule has 6 nitrogen and oxygen atoms in total. The van der Waals surface area contributed by atoms with E-state index in [0.717, 1.165) is 16.6 Å². The Bertz CT molecular complexity index is 833. The minimum absolute atomic E-state index is 0.186. The summed E-state index contributed by atoms with van der Waals surface area (Å²) in [5, 5.41) is 4.10. The van der Waals surface area contributed by atoms with E-state index >= 15 is 0 Å². The van der Waals surface area contributed by atoms with E-state index in [1.807, 2.05) is 54.6 Å². The lowest BCUT2D eigenvalue weighted by atomic mass is 10.2. The minimum Gasteiger partial charge on any atom is -0.357 e. The summed E-state index contributed by atoms with van der Waals surface area (Å²) < 4.78 is 0. The summed E-state index contributed by atoms with van der Waals surface area (Å²) in [5.41, 5.74) is 8.21. The van der Waals surface area contributed by atoms with Crippen LogP contribution in [0.4, 0.5) is 0 Å². The molecular weight excluding hydrogens is 354 g/mol. The molecule has 4 N–H and O–H groups in total. The molecule has 0 spiro atoms. The van der Waals surface area contributed by atoms with Crippen LogP contribution in [0, 0.1) is 0 Å². The number of thioether (sulfide) groups is 1. The number of imidazole rings is 1. The van der Waals surface area contributed by atoms with Gasteiger partial charge in [0.05, 0.1) is 16.8 Å². The fourth-order valence-corrected chi connectivity index (χ4v) is 2.92. The van der Waals surface area contributed by atoms with E-state index in [1.165, 1.54) is 11.8 Å². The molecule has 128 valence electrons. The number of rotatable bonds is 5. The second-order valence-corrected chi connectivity index (χ2v) is 6.56. The Morgan fingerprint density at radius 3 is 2.64 bits per heavy atom. The number of nitrogens with zero attached hydrogens (tertiary/aromatic N) is 1. The van der Waals surface area contributed by atoms with Gasteiger partial charge in [-0.05, 0) is 29.9 Å². The average molecular weight is 371 g/mol. The largest absolute Gasteiger partial charge is 0.357 e. The fourth-order valence-electron chi connectivity index (χ4n) is 2.12. The molecule has 2 aromatic carbocycles. The molecule has 0 aliphatic heterocycles. The number of aromatic nitrogens is 2. The van der Waals surface area contributed by atoms with Crippen molar-refractivity contribution in [2.75, 3.05) is 5.75 Å². The Morgan fingerprint density at radius 1 is 1.08 bits per heavy atom. The van der Waals surface area contributed by atoms with Crippen LogP contribution in [-0.2, 0) is 11.3 Å². The van der Waals surface area contributed by atoms with Crippen LogP contribution in [0.5, 0.6) is 0 Å². The molecule has 0 radical (unpaired) electrons. The van der Waals surface area contributed by atoms with Crippen LogP contribution in [0.15, 0.2) is 59.8 Å². The number of hydrogen-bond donors (Lipinski definition) is 4. The molecular formula is C17H17N5OS2. The van der Waals surface area contributed by atoms with Gasteiger partial charge in [0.25, 0.3) is 0 Å². The van der Waals surface area contributed by atoms with Gasteiger partial charge in [-0.3, -0.25) is 15.6 Å². The first kappa shape index (κ1) is 17.2. The molecule has 8 heteroatoms. The van der Waals surface area contributed by atoms with Gasteiger partial charge in [0.2, 0.25) is 5.91 Å². The number of carbonyl (C=O) groups excluding carboxylic acids is 1. The normalized spacial score (nSPS) is 10.4. The van der Waals surface area contributed by atoms with E-state index in [9.17, 15) is 4.79 Å². The molecule has 0 unspecified atom stereocenters. The van der Waals surface area contributed by atoms with Crippen molar-refractivity contribution in [1.82, 2.24) is 26.1 Å². The number of nitrogens with one attached hydrogen (secondary N) is 4. The average Bonchev–Trinajstić information content (AvgIpc) is 3.07. The smallest absolute Gasteiger partial charge is 0.248 e. The highest BCUT2D eigenvalue weighted by Crippen LogP contribution is 2.18. The maximum atomic E-state index is 11.9. The molecule has 25 heavy (non-hydrogen) atoms. The number of benzene rings is 2. The molecule has 3 aromatic rings. The predicted molar refractivity (Wildman–Crippen MR) is 104 cm³/mol. The molecule has 1 amide bonds. The maximum absolute atomic E-state index is 11.9. The van der Waals surface area contributed by atoms with E-state index in [4.69, 9.17) is 12.2 Å². The Kier molecular flexibility index (Phi) is 5.86. The highest BCUT2D eigenvalue weighted by molar-refractivity contribution is 7.99. The Morgan fingerprint density at radius 2 is 1.84 bits per heavy atom. The molecule has 0 saturated carbocycles. The Hall–Kier alpha value is -2.58. The molecule has 0 saturated heterocycles. The van der Waals surface area contributed by atoms with Crippen molar-refractivity contribution < 1.29 is 4.79 Å². The van der Waals surface area contributed by atoms with Crippen LogP contribution in [0.25, 0.3) is 11.0 Å². The molecule has 0 aliphatic rings. The van der Waals surface area contributed by atoms with Crippen molar-refractivity contribution >= 4 is 46.0 Å². The molecule has 3 rings (SSSR count). The van der Waals surface area contributed by atoms with Gasteiger partial charge in [0, 0.05) is 6.54 Å². The highest BCUT2D eigenvalue weighted by Gasteiger charge is 2.07. The van der Waals surface area contributed by atoms with Crippen molar-refractivity contribution in [3.8, 4) is 0 Å². The van der Waals surface area contributed by atoms with Crippen molar-refractivity contribution in [3.05, 3.63) is 60.2 Å². The number of hydrogen-bond acceptors (Lipinski definition) is 4. The molecule has 0 bridgehead atoms. The van der Waals surface area contributed by atoms with Crippen LogP contribution in [0.1, 0.15) is 5.56 Å². The maximum Gasteiger partial charge on any atom is 0.248 e. The summed E-state index contributed by atoms with van der Waals surface area (Å²) in [5.74, 6) is 0.0445. The first-order valence-electron chi connectivity index (χ1n) is 7.65. The lowest BCUT2D eigenvalue weighted by Crippen LogP contribution is -2.47. The van der Waals surface area contributed by atoms with Gasteiger partial charge in [0.15, 0.2) is 10.3 Å². The van der Waals surface area contributed by atoms with Gasteiger partial charge in [-0.25, -0.2) is 4.98 Å². The van der Waals surface area contributed by atoms with Crippen molar-refractivity contribution in [1.29, 1.82) is 0 Å². The van der Waals surface area contributed by atoms with E-state index in [-0.39, 0.29) is 11.7 Å². The van der Waals surface area contributed by atoms with Gasteiger partial charge in [-0.15, -0.1) is 0 Å². The molecule has 1 heterocycles. The number of aromatic amines is 1. The quantitative estimate of drug-likeness (QED) is 0.313. The third kappa shape index (κ3) is 5.20. The first-order valence-corrected chi connectivity index (χ1v) is 9.04. The van der Waals surface area contributed by atoms with E-state index < -0.39 is 0 Å². The summed E-state index contributed by atoms with van der Waals surface area (Å²) in [6.07, 6.45) is 0. The summed E-state index contributed by atoms with van der Waals surface area (Å²) in [6, 6.07) is 17.6. The predicted octanol–water partition coefficient (Wildman–Crippen LogP) is 2.35. The monoisotopic (exact) mass is 371 g/mol.